The number of likely N-dealkylation sites (N-methyl/N-ethyl adjacent to an activating group) is 1. The van der Waals surface area contributed by atoms with Crippen molar-refractivity contribution in [2.45, 2.75) is 196 Å². The maximum Gasteiger partial charge on any atom is 0.256 e. The lowest BCUT2D eigenvalue weighted by Gasteiger charge is -2.34. The fraction of sp³-hybridized carbons (Fsp3) is 0.477. The molecule has 0 unspecified atom stereocenters. The monoisotopic (exact) mass is 1610 g/mol. The number of carbonyl (C=O) groups is 6. The number of hydrogen-bond acceptors (Lipinski definition) is 23. The summed E-state index contributed by atoms with van der Waals surface area (Å²) in [6.07, 6.45) is 17.3. The van der Waals surface area contributed by atoms with Gasteiger partial charge in [0.2, 0.25) is 59.4 Å². The minimum atomic E-state index is -0.112. The summed E-state index contributed by atoms with van der Waals surface area (Å²) in [5.41, 5.74) is 10.1. The number of hydrogen-bond donors (Lipinski definition) is 5. The first kappa shape index (κ1) is 87.3. The number of carbonyl (C=O) groups excluding carboxylic acids is 6. The van der Waals surface area contributed by atoms with Crippen molar-refractivity contribution < 1.29 is 38.3 Å². The fourth-order valence-electron chi connectivity index (χ4n) is 15.7. The molecule has 8 aromatic rings. The molecule has 0 saturated carbocycles. The van der Waals surface area contributed by atoms with Gasteiger partial charge in [-0.05, 0) is 150 Å². The van der Waals surface area contributed by atoms with E-state index in [1.54, 1.807) is 54.0 Å². The number of benzene rings is 4. The van der Waals surface area contributed by atoms with Crippen molar-refractivity contribution in [3.63, 3.8) is 0 Å². The first-order valence-electron chi connectivity index (χ1n) is 42.1. The molecule has 7 aliphatic rings. The van der Waals surface area contributed by atoms with Gasteiger partial charge in [0.25, 0.3) is 11.6 Å². The molecule has 0 aliphatic carbocycles. The Morgan fingerprint density at radius 2 is 0.729 bits per heavy atom. The fourth-order valence-corrected chi connectivity index (χ4v) is 15.7. The predicted molar refractivity (Wildman–Crippen MR) is 465 cm³/mol. The Morgan fingerprint density at radius 1 is 0.424 bits per heavy atom. The number of piperazine rings is 1. The maximum absolute atomic E-state index is 12.7. The van der Waals surface area contributed by atoms with E-state index >= 15 is 0 Å². The van der Waals surface area contributed by atoms with Crippen LogP contribution >= 0.6 is 0 Å². The number of nitrogens with one attached hydrogen (secondary N) is 5. The summed E-state index contributed by atoms with van der Waals surface area (Å²) >= 11 is 0. The topological polar surface area (TPSA) is 321 Å². The number of nitrogens with zero attached hydrogens (tertiary/aromatic N) is 17. The molecule has 4 aromatic heterocycles. The zero-order chi connectivity index (χ0) is 84.1. The van der Waals surface area contributed by atoms with Gasteiger partial charge in [0, 0.05) is 205 Å². The van der Waals surface area contributed by atoms with Gasteiger partial charge in [0.1, 0.15) is 23.3 Å². The van der Waals surface area contributed by atoms with Gasteiger partial charge in [-0.1, -0.05) is 69.2 Å². The summed E-state index contributed by atoms with van der Waals surface area (Å²) < 4.78 is 6.44. The number of amides is 6. The Hall–Kier alpha value is -11.5. The van der Waals surface area contributed by atoms with Gasteiger partial charge >= 0.3 is 0 Å². The molecule has 4 aromatic carbocycles. The molecule has 30 nitrogen and oxygen atoms in total. The standard InChI is InChI=1S/C23H31N6O2.C22H30N6O.C22H27N5O3.C19H23N5O2.C2H6/c1-4-18(5-2)28-21(30)14-16-15-24-23(26-22(16)28)25-17-6-8-19(9-7-17)29(31)20-10-12-27(3)13-11-20;1-4-18(5-2)28-20(29)14-16-15-23-22(25-21(16)28)24-17-6-8-19(9-7-17)27-12-10-26(3)11-13-27;1-3-18(4-2)27-19(28)13-16-14-23-22(25-20(16)27)24-17-7-5-15(6-8-17)21(29)26-9-11-30-12-10-26;1-4-16(5-2)24-17(26)10-13-11-20-19(23-18(13)24)22-15-8-6-14(7-9-15)21-12(3)25;1-2/h6-9,15,18,20H,4-5,10-14H2,1-3H3,(H,24,25,26);6-9,15,18H,4-5,10-14H2,1-3H3,(H,23,24,25);5-8,14,18H,3-4,9-13H2,1-2H3,(H,23,24,25);6-9,11,16H,4-5,10H2,1-3H3,(H,21,25)(H,20,22,23);1-2H3/q+1;;;;. The van der Waals surface area contributed by atoms with Crippen molar-refractivity contribution in [3.05, 3.63) is 155 Å². The van der Waals surface area contributed by atoms with Crippen LogP contribution in [0.4, 0.5) is 86.9 Å². The first-order valence-corrected chi connectivity index (χ1v) is 42.1. The molecule has 0 spiro atoms. The van der Waals surface area contributed by atoms with Gasteiger partial charge in [-0.25, -0.2) is 19.9 Å². The van der Waals surface area contributed by atoms with Crippen LogP contribution < -0.4 is 51.1 Å². The number of anilines is 14. The van der Waals surface area contributed by atoms with Crippen LogP contribution in [-0.4, -0.2) is 205 Å². The highest BCUT2D eigenvalue weighted by Gasteiger charge is 2.39. The van der Waals surface area contributed by atoms with E-state index in [4.69, 9.17) is 4.74 Å². The molecule has 0 radical (unpaired) electrons. The predicted octanol–water partition coefficient (Wildman–Crippen LogP) is 13.9. The summed E-state index contributed by atoms with van der Waals surface area (Å²) in [4.78, 5) is 138. The van der Waals surface area contributed by atoms with Crippen molar-refractivity contribution in [3.8, 4) is 0 Å². The van der Waals surface area contributed by atoms with Crippen LogP contribution in [0.1, 0.15) is 173 Å². The lowest BCUT2D eigenvalue weighted by Crippen LogP contribution is -2.44. The number of piperidine rings is 1. The van der Waals surface area contributed by atoms with Crippen LogP contribution in [0.15, 0.2) is 122 Å². The molecular weight excluding hydrogens is 1490 g/mol. The summed E-state index contributed by atoms with van der Waals surface area (Å²) in [5, 5.41) is 15.6. The Labute approximate surface area is 693 Å². The number of likely N-dealkylation sites (tertiary alicyclic amines) is 1. The number of fused-ring (bicyclic) bond motifs is 4. The summed E-state index contributed by atoms with van der Waals surface area (Å²) in [7, 11) is 4.26. The lowest BCUT2D eigenvalue weighted by atomic mass is 10.0. The summed E-state index contributed by atoms with van der Waals surface area (Å²) in [6, 6.07) is 31.1. The third-order valence-corrected chi connectivity index (χ3v) is 22.5. The minimum Gasteiger partial charge on any atom is -0.378 e. The van der Waals surface area contributed by atoms with E-state index in [0.29, 0.717) is 104 Å². The Kier molecular flexibility index (Phi) is 30.8. The van der Waals surface area contributed by atoms with Crippen molar-refractivity contribution in [2.75, 3.05) is 131 Å². The molecule has 3 saturated heterocycles. The van der Waals surface area contributed by atoms with E-state index in [2.05, 4.69) is 175 Å². The molecule has 0 bridgehead atoms. The second-order valence-electron chi connectivity index (χ2n) is 30.3. The van der Waals surface area contributed by atoms with Gasteiger partial charge in [-0.3, -0.25) is 48.4 Å². The Bertz CT molecular complexity index is 4730. The van der Waals surface area contributed by atoms with Gasteiger partial charge in [0.15, 0.2) is 0 Å². The van der Waals surface area contributed by atoms with Crippen molar-refractivity contribution >= 4 is 122 Å². The van der Waals surface area contributed by atoms with Crippen LogP contribution in [0.25, 0.3) is 0 Å². The third kappa shape index (κ3) is 21.4. The second kappa shape index (κ2) is 41.6. The highest BCUT2D eigenvalue weighted by molar-refractivity contribution is 6.03. The van der Waals surface area contributed by atoms with Gasteiger partial charge in [-0.15, -0.1) is 0 Å². The van der Waals surface area contributed by atoms with Crippen LogP contribution in [0, 0.1) is 4.91 Å². The molecule has 11 heterocycles. The Balaban J connectivity index is 0.000000153. The molecule has 5 N–H and O–H groups in total. The van der Waals surface area contributed by atoms with Gasteiger partial charge in [0.05, 0.1) is 38.9 Å². The average molecular weight is 1610 g/mol. The third-order valence-electron chi connectivity index (χ3n) is 22.5. The van der Waals surface area contributed by atoms with E-state index in [0.717, 1.165) is 165 Å². The van der Waals surface area contributed by atoms with E-state index < -0.39 is 0 Å². The van der Waals surface area contributed by atoms with Crippen molar-refractivity contribution in [1.29, 1.82) is 0 Å². The first-order chi connectivity index (χ1) is 57.2. The molecule has 3 fully saturated rings. The smallest absolute Gasteiger partial charge is 0.256 e. The summed E-state index contributed by atoms with van der Waals surface area (Å²) in [5.74, 6) is 5.01. The molecule has 15 rings (SSSR count). The highest BCUT2D eigenvalue weighted by Crippen LogP contribution is 2.37. The SMILES string of the molecule is CC.CCC(CC)N1C(=O)Cc2cnc(Nc3ccc(C(=O)N4CCOCC4)cc3)nc21.CCC(CC)N1C(=O)Cc2cnc(Nc3ccc(N4CCN(C)CC4)cc3)nc21.CCC(CC)N1C(=O)Cc2cnc(Nc3ccc(NC(C)=O)cc3)nc21.CCC(CC)N1C(=O)Cc2cnc(Nc3ccc([N+](=O)C4CCN(C)CC4)cc3)nc21. The van der Waals surface area contributed by atoms with Gasteiger partial charge in [-0.2, -0.15) is 19.9 Å². The van der Waals surface area contributed by atoms with Crippen LogP contribution in [0.5, 0.6) is 0 Å². The molecule has 626 valence electrons. The minimum absolute atomic E-state index is 0.0120. The van der Waals surface area contributed by atoms with Crippen LogP contribution in [-0.2, 0) is 54.4 Å². The quantitative estimate of drug-likeness (QED) is 0.0332. The highest BCUT2D eigenvalue weighted by atomic mass is 16.5. The van der Waals surface area contributed by atoms with E-state index in [9.17, 15) is 33.7 Å². The van der Waals surface area contributed by atoms with Crippen molar-refractivity contribution in [2.24, 2.45) is 0 Å². The normalized spacial score (nSPS) is 15.8. The van der Waals surface area contributed by atoms with Crippen LogP contribution in [0.3, 0.4) is 0 Å². The van der Waals surface area contributed by atoms with Crippen LogP contribution in [0.2, 0.25) is 0 Å². The number of nitroso groups, excluding NO2 is 1. The summed E-state index contributed by atoms with van der Waals surface area (Å²) in [6.45, 7) is 30.8. The second-order valence-corrected chi connectivity index (χ2v) is 30.3. The molecule has 7 aliphatic heterocycles. The number of rotatable bonds is 25. The molecular formula is C88H117N22O8+. The molecule has 0 atom stereocenters. The maximum atomic E-state index is 12.7. The Morgan fingerprint density at radius 3 is 1.06 bits per heavy atom. The number of aromatic nitrogens is 8. The molecule has 118 heavy (non-hydrogen) atoms. The number of ether oxygens (including phenoxy) is 1. The average Bonchev–Trinajstić information content (AvgIpc) is 1.65. The van der Waals surface area contributed by atoms with Gasteiger partial charge < -0.3 is 50.9 Å². The lowest BCUT2D eigenvalue weighted by molar-refractivity contribution is -0.511. The number of morpholine rings is 1. The largest absolute Gasteiger partial charge is 0.378 e. The molecule has 6 amide bonds. The zero-order valence-corrected chi connectivity index (χ0v) is 70.8. The van der Waals surface area contributed by atoms with E-state index in [1.165, 1.54) is 12.6 Å². The van der Waals surface area contributed by atoms with E-state index in [1.807, 2.05) is 82.0 Å². The van der Waals surface area contributed by atoms with Crippen molar-refractivity contribution in [1.82, 2.24) is 54.6 Å². The molecule has 30 heteroatoms. The van der Waals surface area contributed by atoms with E-state index in [-0.39, 0.29) is 65.7 Å². The zero-order valence-electron chi connectivity index (χ0n) is 70.8.